The molecular formula is C11H19NO2. The molecule has 0 aromatic carbocycles. The van der Waals surface area contributed by atoms with E-state index in [1.807, 2.05) is 4.90 Å². The van der Waals surface area contributed by atoms with Crippen LogP contribution < -0.4 is 0 Å². The Morgan fingerprint density at radius 3 is 2.79 bits per heavy atom. The van der Waals surface area contributed by atoms with Crippen molar-refractivity contribution >= 4 is 5.91 Å². The van der Waals surface area contributed by atoms with Crippen molar-refractivity contribution < 1.29 is 9.90 Å². The average Bonchev–Trinajstić information content (AvgIpc) is 2.92. The normalized spacial score (nSPS) is 30.6. The molecule has 14 heavy (non-hydrogen) atoms. The van der Waals surface area contributed by atoms with Crippen LogP contribution in [0.4, 0.5) is 0 Å². The first-order valence-electron chi connectivity index (χ1n) is 5.62. The molecule has 0 aromatic heterocycles. The second-order valence-corrected chi connectivity index (χ2v) is 4.84. The van der Waals surface area contributed by atoms with Gasteiger partial charge in [0.1, 0.15) is 0 Å². The Hall–Kier alpha value is -0.570. The summed E-state index contributed by atoms with van der Waals surface area (Å²) < 4.78 is 0. The lowest BCUT2D eigenvalue weighted by molar-refractivity contribution is -0.136. The van der Waals surface area contributed by atoms with Crippen molar-refractivity contribution in [2.45, 2.75) is 38.7 Å². The highest BCUT2D eigenvalue weighted by Gasteiger charge is 2.33. The number of likely N-dealkylation sites (tertiary alicyclic amines) is 1. The smallest absolute Gasteiger partial charge is 0.222 e. The predicted molar refractivity (Wildman–Crippen MR) is 53.7 cm³/mol. The van der Waals surface area contributed by atoms with Crippen LogP contribution in [0.25, 0.3) is 0 Å². The van der Waals surface area contributed by atoms with E-state index >= 15 is 0 Å². The molecule has 1 saturated heterocycles. The van der Waals surface area contributed by atoms with Crippen LogP contribution in [0.3, 0.4) is 0 Å². The summed E-state index contributed by atoms with van der Waals surface area (Å²) >= 11 is 0. The number of β-amino-alcohol motifs (C(OH)–C–C–N with tert-alkyl or cyclic N) is 1. The fourth-order valence-corrected chi connectivity index (χ4v) is 2.08. The van der Waals surface area contributed by atoms with E-state index in [4.69, 9.17) is 0 Å². The Bertz CT molecular complexity index is 225. The Balaban J connectivity index is 1.81. The van der Waals surface area contributed by atoms with Gasteiger partial charge in [0.25, 0.3) is 0 Å². The van der Waals surface area contributed by atoms with Crippen molar-refractivity contribution in [3.8, 4) is 0 Å². The molecule has 0 radical (unpaired) electrons. The summed E-state index contributed by atoms with van der Waals surface area (Å²) in [6.07, 6.45) is 3.76. The maximum absolute atomic E-state index is 11.6. The van der Waals surface area contributed by atoms with Crippen LogP contribution in [-0.2, 0) is 4.79 Å². The number of amides is 1. The standard InChI is InChI=1S/C11H19NO2/c1-8-4-5-12(11(14)6-8)7-10(13)9-2-3-9/h8-10,13H,2-7H2,1H3. The summed E-state index contributed by atoms with van der Waals surface area (Å²) in [5.74, 6) is 1.22. The molecule has 0 spiro atoms. The van der Waals surface area contributed by atoms with Gasteiger partial charge in [0.2, 0.25) is 5.91 Å². The van der Waals surface area contributed by atoms with Gasteiger partial charge < -0.3 is 10.0 Å². The minimum absolute atomic E-state index is 0.225. The van der Waals surface area contributed by atoms with E-state index < -0.39 is 0 Å². The minimum atomic E-state index is -0.271. The lowest BCUT2D eigenvalue weighted by atomic mass is 9.98. The lowest BCUT2D eigenvalue weighted by Gasteiger charge is -2.31. The Morgan fingerprint density at radius 1 is 1.50 bits per heavy atom. The molecule has 3 heteroatoms. The van der Waals surface area contributed by atoms with E-state index in [-0.39, 0.29) is 12.0 Å². The van der Waals surface area contributed by atoms with Crippen LogP contribution in [0.1, 0.15) is 32.6 Å². The molecule has 2 fully saturated rings. The molecule has 2 rings (SSSR count). The lowest BCUT2D eigenvalue weighted by Crippen LogP contribution is -2.43. The molecule has 2 aliphatic rings. The van der Waals surface area contributed by atoms with Gasteiger partial charge in [-0.05, 0) is 31.1 Å². The van der Waals surface area contributed by atoms with Crippen LogP contribution in [-0.4, -0.2) is 35.1 Å². The third-order valence-corrected chi connectivity index (χ3v) is 3.34. The average molecular weight is 197 g/mol. The number of hydrogen-bond donors (Lipinski definition) is 1. The molecule has 2 atom stereocenters. The predicted octanol–water partition coefficient (Wildman–Crippen LogP) is 1.02. The molecule has 2 unspecified atom stereocenters. The molecule has 0 aromatic rings. The van der Waals surface area contributed by atoms with Gasteiger partial charge in [0, 0.05) is 19.5 Å². The van der Waals surface area contributed by atoms with Gasteiger partial charge in [-0.3, -0.25) is 4.79 Å². The topological polar surface area (TPSA) is 40.5 Å². The van der Waals surface area contributed by atoms with Crippen molar-refractivity contribution in [1.29, 1.82) is 0 Å². The van der Waals surface area contributed by atoms with Crippen LogP contribution in [0.15, 0.2) is 0 Å². The van der Waals surface area contributed by atoms with Gasteiger partial charge in [-0.1, -0.05) is 6.92 Å². The van der Waals surface area contributed by atoms with Crippen LogP contribution in [0.5, 0.6) is 0 Å². The fourth-order valence-electron chi connectivity index (χ4n) is 2.08. The molecular weight excluding hydrogens is 178 g/mol. The first kappa shape index (κ1) is 9.97. The van der Waals surface area contributed by atoms with Crippen LogP contribution in [0, 0.1) is 11.8 Å². The third-order valence-electron chi connectivity index (χ3n) is 3.34. The highest BCUT2D eigenvalue weighted by atomic mass is 16.3. The van der Waals surface area contributed by atoms with E-state index in [1.54, 1.807) is 0 Å². The summed E-state index contributed by atoms with van der Waals surface area (Å²) in [6, 6.07) is 0. The highest BCUT2D eigenvalue weighted by molar-refractivity contribution is 5.77. The zero-order valence-corrected chi connectivity index (χ0v) is 8.78. The molecule has 1 aliphatic heterocycles. The zero-order chi connectivity index (χ0) is 10.1. The van der Waals surface area contributed by atoms with Crippen molar-refractivity contribution in [3.63, 3.8) is 0 Å². The zero-order valence-electron chi connectivity index (χ0n) is 8.78. The second-order valence-electron chi connectivity index (χ2n) is 4.84. The molecule has 1 amide bonds. The van der Waals surface area contributed by atoms with Crippen molar-refractivity contribution in [3.05, 3.63) is 0 Å². The number of carbonyl (C=O) groups is 1. The Kier molecular flexibility index (Phi) is 2.77. The molecule has 1 aliphatic carbocycles. The van der Waals surface area contributed by atoms with Crippen molar-refractivity contribution in [2.75, 3.05) is 13.1 Å². The van der Waals surface area contributed by atoms with Gasteiger partial charge in [-0.25, -0.2) is 0 Å². The van der Waals surface area contributed by atoms with E-state index in [0.29, 0.717) is 24.8 Å². The van der Waals surface area contributed by atoms with E-state index in [9.17, 15) is 9.90 Å². The molecule has 3 nitrogen and oxygen atoms in total. The van der Waals surface area contributed by atoms with Crippen molar-refractivity contribution in [2.24, 2.45) is 11.8 Å². The second kappa shape index (κ2) is 3.89. The highest BCUT2D eigenvalue weighted by Crippen LogP contribution is 2.33. The summed E-state index contributed by atoms with van der Waals surface area (Å²) in [5, 5.41) is 9.73. The monoisotopic (exact) mass is 197 g/mol. The number of rotatable bonds is 3. The van der Waals surface area contributed by atoms with Crippen LogP contribution in [0.2, 0.25) is 0 Å². The SMILES string of the molecule is CC1CCN(CC(O)C2CC2)C(=O)C1. The third kappa shape index (κ3) is 2.27. The molecule has 1 heterocycles. The summed E-state index contributed by atoms with van der Waals surface area (Å²) in [6.45, 7) is 3.52. The van der Waals surface area contributed by atoms with E-state index in [2.05, 4.69) is 6.92 Å². The van der Waals surface area contributed by atoms with Crippen LogP contribution >= 0.6 is 0 Å². The van der Waals surface area contributed by atoms with E-state index in [0.717, 1.165) is 25.8 Å². The molecule has 1 N–H and O–H groups in total. The van der Waals surface area contributed by atoms with Crippen molar-refractivity contribution in [1.82, 2.24) is 4.90 Å². The number of aliphatic hydroxyl groups excluding tert-OH is 1. The Labute approximate surface area is 85.1 Å². The van der Waals surface area contributed by atoms with Gasteiger partial charge in [-0.2, -0.15) is 0 Å². The number of hydrogen-bond acceptors (Lipinski definition) is 2. The number of nitrogens with zero attached hydrogens (tertiary/aromatic N) is 1. The quantitative estimate of drug-likeness (QED) is 0.733. The minimum Gasteiger partial charge on any atom is -0.391 e. The maximum atomic E-state index is 11.6. The molecule has 0 bridgehead atoms. The molecule has 1 saturated carbocycles. The first-order valence-corrected chi connectivity index (χ1v) is 5.62. The number of piperidine rings is 1. The summed E-state index contributed by atoms with van der Waals surface area (Å²) in [7, 11) is 0. The summed E-state index contributed by atoms with van der Waals surface area (Å²) in [4.78, 5) is 13.4. The maximum Gasteiger partial charge on any atom is 0.222 e. The first-order chi connectivity index (χ1) is 6.66. The van der Waals surface area contributed by atoms with Gasteiger partial charge in [-0.15, -0.1) is 0 Å². The van der Waals surface area contributed by atoms with E-state index in [1.165, 1.54) is 0 Å². The number of carbonyl (C=O) groups excluding carboxylic acids is 1. The largest absolute Gasteiger partial charge is 0.391 e. The molecule has 80 valence electrons. The van der Waals surface area contributed by atoms with Gasteiger partial charge in [0.05, 0.1) is 6.10 Å². The summed E-state index contributed by atoms with van der Waals surface area (Å²) in [5.41, 5.74) is 0. The number of aliphatic hydroxyl groups is 1. The Morgan fingerprint density at radius 2 is 2.21 bits per heavy atom. The van der Waals surface area contributed by atoms with Gasteiger partial charge >= 0.3 is 0 Å². The fraction of sp³-hybridized carbons (Fsp3) is 0.909. The van der Waals surface area contributed by atoms with Gasteiger partial charge in [0.15, 0.2) is 0 Å².